The molecule has 33 heavy (non-hydrogen) atoms. The number of allylic oxidation sites excluding steroid dienone is 4. The molecule has 2 fully saturated rings. The highest BCUT2D eigenvalue weighted by molar-refractivity contribution is 8.03. The number of piperidine rings is 1. The lowest BCUT2D eigenvalue weighted by molar-refractivity contribution is 0.130. The molecule has 1 atom stereocenters. The first kappa shape index (κ1) is 23.1. The molecule has 4 N–H and O–H groups in total. The van der Waals surface area contributed by atoms with Gasteiger partial charge in [-0.2, -0.15) is 0 Å². The fourth-order valence-corrected chi connectivity index (χ4v) is 7.09. The third kappa shape index (κ3) is 4.18. The van der Waals surface area contributed by atoms with Crippen molar-refractivity contribution in [2.24, 2.45) is 16.9 Å². The topological polar surface area (TPSA) is 85.5 Å². The van der Waals surface area contributed by atoms with Crippen LogP contribution >= 0.6 is 35.0 Å². The number of anilines is 1. The van der Waals surface area contributed by atoms with Crippen molar-refractivity contribution in [3.8, 4) is 0 Å². The first-order valence-corrected chi connectivity index (χ1v) is 13.1. The van der Waals surface area contributed by atoms with E-state index in [0.717, 1.165) is 60.2 Å². The zero-order valence-corrected chi connectivity index (χ0v) is 21.2. The van der Waals surface area contributed by atoms with Crippen molar-refractivity contribution >= 4 is 46.6 Å². The SMILES string of the molecule is CC1(N)CCCC12CCN(c1ncc(SC3=C/C(N)=C\CCC(Cl)=C3Cl)c3nccn13)CC2. The van der Waals surface area contributed by atoms with Crippen molar-refractivity contribution in [3.05, 3.63) is 51.4 Å². The average molecular weight is 506 g/mol. The summed E-state index contributed by atoms with van der Waals surface area (Å²) in [6.45, 7) is 4.15. The number of halogens is 2. The van der Waals surface area contributed by atoms with Crippen LogP contribution in [0.2, 0.25) is 0 Å². The van der Waals surface area contributed by atoms with Crippen molar-refractivity contribution < 1.29 is 0 Å². The maximum atomic E-state index is 6.71. The molecule has 9 heteroatoms. The number of nitrogens with two attached hydrogens (primary N) is 2. The quantitative estimate of drug-likeness (QED) is 0.572. The van der Waals surface area contributed by atoms with Crippen LogP contribution < -0.4 is 16.4 Å². The van der Waals surface area contributed by atoms with Gasteiger partial charge in [0.05, 0.1) is 9.93 Å². The van der Waals surface area contributed by atoms with Crippen LogP contribution in [0, 0.1) is 5.41 Å². The van der Waals surface area contributed by atoms with E-state index in [2.05, 4.69) is 21.2 Å². The smallest absolute Gasteiger partial charge is 0.211 e. The maximum Gasteiger partial charge on any atom is 0.211 e. The molecule has 2 aromatic rings. The first-order valence-electron chi connectivity index (χ1n) is 11.6. The van der Waals surface area contributed by atoms with Crippen LogP contribution in [-0.4, -0.2) is 33.0 Å². The van der Waals surface area contributed by atoms with Gasteiger partial charge in [-0.1, -0.05) is 47.5 Å². The Labute approximate surface area is 209 Å². The monoisotopic (exact) mass is 504 g/mol. The molecule has 0 bridgehead atoms. The van der Waals surface area contributed by atoms with E-state index in [1.807, 2.05) is 30.7 Å². The van der Waals surface area contributed by atoms with Crippen LogP contribution in [0.5, 0.6) is 0 Å². The van der Waals surface area contributed by atoms with Crippen LogP contribution in [0.15, 0.2) is 56.3 Å². The predicted molar refractivity (Wildman–Crippen MR) is 137 cm³/mol. The molecule has 0 radical (unpaired) electrons. The normalized spacial score (nSPS) is 27.5. The molecular weight excluding hydrogens is 475 g/mol. The molecule has 1 saturated carbocycles. The molecule has 1 unspecified atom stereocenters. The second-order valence-electron chi connectivity index (χ2n) is 9.65. The van der Waals surface area contributed by atoms with Gasteiger partial charge in [-0.15, -0.1) is 0 Å². The van der Waals surface area contributed by atoms with Crippen LogP contribution in [0.4, 0.5) is 5.95 Å². The van der Waals surface area contributed by atoms with E-state index in [0.29, 0.717) is 22.2 Å². The summed E-state index contributed by atoms with van der Waals surface area (Å²) in [5, 5.41) is 1.18. The molecule has 3 aliphatic rings. The van der Waals surface area contributed by atoms with Crippen molar-refractivity contribution in [1.82, 2.24) is 14.4 Å². The molecule has 1 spiro atoms. The number of hydrogen-bond acceptors (Lipinski definition) is 6. The summed E-state index contributed by atoms with van der Waals surface area (Å²) in [6.07, 6.45) is 16.8. The van der Waals surface area contributed by atoms with E-state index < -0.39 is 0 Å². The van der Waals surface area contributed by atoms with E-state index in [9.17, 15) is 0 Å². The zero-order chi connectivity index (χ0) is 23.2. The summed E-state index contributed by atoms with van der Waals surface area (Å²) < 4.78 is 2.07. The number of fused-ring (bicyclic) bond motifs is 1. The van der Waals surface area contributed by atoms with Gasteiger partial charge in [0.15, 0.2) is 5.65 Å². The van der Waals surface area contributed by atoms with E-state index in [1.165, 1.54) is 24.6 Å². The second kappa shape index (κ2) is 8.84. The lowest BCUT2D eigenvalue weighted by Crippen LogP contribution is -2.54. The van der Waals surface area contributed by atoms with Crippen molar-refractivity contribution in [2.45, 2.75) is 62.3 Å². The minimum atomic E-state index is -0.0625. The molecule has 1 aliphatic heterocycles. The highest BCUT2D eigenvalue weighted by atomic mass is 35.5. The van der Waals surface area contributed by atoms with Crippen molar-refractivity contribution in [1.29, 1.82) is 0 Å². The Kier molecular flexibility index (Phi) is 6.18. The number of nitrogens with zero attached hydrogens (tertiary/aromatic N) is 4. The molecule has 176 valence electrons. The van der Waals surface area contributed by atoms with Gasteiger partial charge in [-0.25, -0.2) is 9.97 Å². The molecule has 6 nitrogen and oxygen atoms in total. The Bertz CT molecular complexity index is 1160. The highest BCUT2D eigenvalue weighted by Crippen LogP contribution is 2.52. The largest absolute Gasteiger partial charge is 0.399 e. The number of imidazole rings is 1. The summed E-state index contributed by atoms with van der Waals surface area (Å²) >= 11 is 14.5. The Morgan fingerprint density at radius 3 is 2.64 bits per heavy atom. The number of hydrogen-bond donors (Lipinski definition) is 2. The Morgan fingerprint density at radius 2 is 1.91 bits per heavy atom. The lowest BCUT2D eigenvalue weighted by atomic mass is 9.67. The first-order chi connectivity index (χ1) is 15.8. The van der Waals surface area contributed by atoms with Gasteiger partial charge in [0.25, 0.3) is 0 Å². The Morgan fingerprint density at radius 1 is 1.12 bits per heavy atom. The summed E-state index contributed by atoms with van der Waals surface area (Å²) in [6, 6.07) is 0. The summed E-state index contributed by atoms with van der Waals surface area (Å²) in [5.74, 6) is 0.921. The van der Waals surface area contributed by atoms with Crippen LogP contribution in [-0.2, 0) is 0 Å². The fourth-order valence-electron chi connectivity index (χ4n) is 5.57. The second-order valence-corrected chi connectivity index (χ2v) is 11.6. The summed E-state index contributed by atoms with van der Waals surface area (Å²) in [5.41, 5.74) is 14.6. The van der Waals surface area contributed by atoms with E-state index >= 15 is 0 Å². The third-order valence-electron chi connectivity index (χ3n) is 7.66. The standard InChI is InChI=1S/C24H30Cl2N6S/c1-23(28)6-3-7-24(23)8-11-31(12-9-24)22-30-15-19(21-29-10-13-32(21)22)33-18-14-16(27)4-2-5-17(25)20(18)26/h4,10,13-15H,2-3,5-9,11-12,27-28H2,1H3/b16-4+,18-14?,20-17?. The summed E-state index contributed by atoms with van der Waals surface area (Å²) in [7, 11) is 0. The summed E-state index contributed by atoms with van der Waals surface area (Å²) in [4.78, 5) is 13.6. The Hall–Kier alpha value is -1.67. The third-order valence-corrected chi connectivity index (χ3v) is 9.72. The molecule has 0 aromatic carbocycles. The minimum absolute atomic E-state index is 0.0625. The number of aromatic nitrogens is 3. The van der Waals surface area contributed by atoms with Crippen LogP contribution in [0.25, 0.3) is 5.65 Å². The number of rotatable bonds is 3. The van der Waals surface area contributed by atoms with E-state index in [-0.39, 0.29) is 11.0 Å². The molecule has 2 aromatic heterocycles. The molecule has 1 saturated heterocycles. The van der Waals surface area contributed by atoms with Gasteiger partial charge in [0.1, 0.15) is 0 Å². The van der Waals surface area contributed by atoms with Gasteiger partial charge in [-0.3, -0.25) is 4.40 Å². The van der Waals surface area contributed by atoms with Crippen LogP contribution in [0.1, 0.15) is 51.9 Å². The maximum absolute atomic E-state index is 6.71. The molecule has 2 aliphatic carbocycles. The highest BCUT2D eigenvalue weighted by Gasteiger charge is 2.50. The van der Waals surface area contributed by atoms with Gasteiger partial charge >= 0.3 is 0 Å². The van der Waals surface area contributed by atoms with E-state index in [4.69, 9.17) is 39.7 Å². The number of thioether (sulfide) groups is 1. The van der Waals surface area contributed by atoms with Crippen molar-refractivity contribution in [3.63, 3.8) is 0 Å². The van der Waals surface area contributed by atoms with Gasteiger partial charge in [-0.05, 0) is 56.9 Å². The molecular formula is C24H30Cl2N6S. The van der Waals surface area contributed by atoms with E-state index in [1.54, 1.807) is 0 Å². The zero-order valence-electron chi connectivity index (χ0n) is 18.9. The van der Waals surface area contributed by atoms with Gasteiger partial charge in [0, 0.05) is 52.9 Å². The molecule has 3 heterocycles. The fraction of sp³-hybridized carbons (Fsp3) is 0.500. The Balaban J connectivity index is 1.42. The minimum Gasteiger partial charge on any atom is -0.399 e. The molecule has 0 amide bonds. The van der Waals surface area contributed by atoms with Crippen LogP contribution in [0.3, 0.4) is 0 Å². The van der Waals surface area contributed by atoms with Gasteiger partial charge < -0.3 is 16.4 Å². The lowest BCUT2D eigenvalue weighted by Gasteiger charge is -2.47. The molecule has 5 rings (SSSR count). The van der Waals surface area contributed by atoms with Crippen molar-refractivity contribution in [2.75, 3.05) is 18.0 Å². The average Bonchev–Trinajstić information content (AvgIpc) is 3.38. The van der Waals surface area contributed by atoms with Gasteiger partial charge in [0.2, 0.25) is 5.95 Å². The predicted octanol–water partition coefficient (Wildman–Crippen LogP) is 5.52.